The minimum absolute atomic E-state index is 0.303. The van der Waals surface area contributed by atoms with Crippen molar-refractivity contribution in [1.29, 1.82) is 0 Å². The molecule has 0 saturated carbocycles. The SMILES string of the molecule is CCc1nnsc1C(=O)O[C@H](C)C(=O)Nc1cc(Cl)ccc1OC. The van der Waals surface area contributed by atoms with Crippen LogP contribution in [0.3, 0.4) is 0 Å². The van der Waals surface area contributed by atoms with Gasteiger partial charge < -0.3 is 14.8 Å². The third-order valence-electron chi connectivity index (χ3n) is 3.15. The number of ether oxygens (including phenoxy) is 2. The van der Waals surface area contributed by atoms with E-state index >= 15 is 0 Å². The molecule has 1 atom stereocenters. The van der Waals surface area contributed by atoms with Crippen molar-refractivity contribution in [2.45, 2.75) is 26.4 Å². The van der Waals surface area contributed by atoms with Crippen LogP contribution in [0.2, 0.25) is 5.02 Å². The number of aromatic nitrogens is 2. The summed E-state index contributed by atoms with van der Waals surface area (Å²) < 4.78 is 14.1. The van der Waals surface area contributed by atoms with Crippen molar-refractivity contribution in [3.05, 3.63) is 33.8 Å². The molecule has 1 amide bonds. The van der Waals surface area contributed by atoms with Gasteiger partial charge in [-0.3, -0.25) is 4.79 Å². The van der Waals surface area contributed by atoms with Gasteiger partial charge in [-0.15, -0.1) is 5.10 Å². The molecule has 7 nitrogen and oxygen atoms in total. The number of rotatable bonds is 6. The first-order chi connectivity index (χ1) is 11.5. The number of esters is 1. The molecule has 24 heavy (non-hydrogen) atoms. The van der Waals surface area contributed by atoms with Gasteiger partial charge >= 0.3 is 5.97 Å². The van der Waals surface area contributed by atoms with E-state index < -0.39 is 18.0 Å². The number of carbonyl (C=O) groups is 2. The minimum atomic E-state index is -1.01. The molecule has 0 aliphatic carbocycles. The molecule has 0 radical (unpaired) electrons. The average Bonchev–Trinajstić information content (AvgIpc) is 3.03. The maximum absolute atomic E-state index is 12.2. The van der Waals surface area contributed by atoms with E-state index in [9.17, 15) is 9.59 Å². The second-order valence-corrected chi connectivity index (χ2v) is 5.97. The van der Waals surface area contributed by atoms with E-state index in [4.69, 9.17) is 21.1 Å². The molecule has 1 N–H and O–H groups in total. The molecule has 0 aliphatic heterocycles. The van der Waals surface area contributed by atoms with Gasteiger partial charge in [-0.05, 0) is 43.1 Å². The van der Waals surface area contributed by atoms with Crippen LogP contribution >= 0.6 is 23.1 Å². The smallest absolute Gasteiger partial charge is 0.352 e. The number of carbonyl (C=O) groups excluding carboxylic acids is 2. The summed E-state index contributed by atoms with van der Waals surface area (Å²) in [5.41, 5.74) is 0.945. The van der Waals surface area contributed by atoms with E-state index in [1.54, 1.807) is 18.2 Å². The lowest BCUT2D eigenvalue weighted by atomic mass is 10.2. The molecule has 0 fully saturated rings. The van der Waals surface area contributed by atoms with Gasteiger partial charge in [0.05, 0.1) is 18.5 Å². The molecule has 2 aromatic rings. The Bertz CT molecular complexity index is 750. The molecule has 1 heterocycles. The number of benzene rings is 1. The summed E-state index contributed by atoms with van der Waals surface area (Å²) >= 11 is 6.86. The Morgan fingerprint density at radius 2 is 2.17 bits per heavy atom. The Hall–Kier alpha value is -2.19. The number of methoxy groups -OCH3 is 1. The standard InChI is InChI=1S/C15H16ClN3O4S/c1-4-10-13(24-19-18-10)15(21)23-8(2)14(20)17-11-7-9(16)5-6-12(11)22-3/h5-8H,4H2,1-3H3,(H,17,20)/t8-/m1/s1. The zero-order valence-electron chi connectivity index (χ0n) is 13.3. The summed E-state index contributed by atoms with van der Waals surface area (Å²) in [6.45, 7) is 3.33. The minimum Gasteiger partial charge on any atom is -0.495 e. The molecule has 0 bridgehead atoms. The van der Waals surface area contributed by atoms with Gasteiger partial charge in [-0.25, -0.2) is 4.79 Å². The quantitative estimate of drug-likeness (QED) is 0.787. The zero-order chi connectivity index (χ0) is 17.7. The van der Waals surface area contributed by atoms with Crippen LogP contribution in [-0.4, -0.2) is 34.7 Å². The van der Waals surface area contributed by atoms with Crippen LogP contribution in [-0.2, 0) is 16.0 Å². The number of hydrogen-bond acceptors (Lipinski definition) is 7. The average molecular weight is 370 g/mol. The molecule has 0 saturated heterocycles. The van der Waals surface area contributed by atoms with Gasteiger partial charge in [0, 0.05) is 5.02 Å². The van der Waals surface area contributed by atoms with E-state index in [2.05, 4.69) is 14.9 Å². The largest absolute Gasteiger partial charge is 0.495 e. The fourth-order valence-corrected chi connectivity index (χ4v) is 2.68. The lowest BCUT2D eigenvalue weighted by Gasteiger charge is -2.15. The molecule has 2 rings (SSSR count). The first-order valence-electron chi connectivity index (χ1n) is 7.12. The van der Waals surface area contributed by atoms with Crippen LogP contribution < -0.4 is 10.1 Å². The second kappa shape index (κ2) is 8.07. The van der Waals surface area contributed by atoms with Crippen molar-refractivity contribution in [3.8, 4) is 5.75 Å². The number of amides is 1. The maximum Gasteiger partial charge on any atom is 0.352 e. The van der Waals surface area contributed by atoms with Crippen LogP contribution in [0, 0.1) is 0 Å². The van der Waals surface area contributed by atoms with Crippen molar-refractivity contribution >= 4 is 40.7 Å². The van der Waals surface area contributed by atoms with Gasteiger partial charge in [0.15, 0.2) is 11.0 Å². The number of aryl methyl sites for hydroxylation is 1. The van der Waals surface area contributed by atoms with E-state index in [1.165, 1.54) is 14.0 Å². The van der Waals surface area contributed by atoms with Crippen molar-refractivity contribution < 1.29 is 19.1 Å². The summed E-state index contributed by atoms with van der Waals surface area (Å²) in [6.07, 6.45) is -0.450. The van der Waals surface area contributed by atoms with E-state index in [0.717, 1.165) is 11.5 Å². The van der Waals surface area contributed by atoms with Gasteiger partial charge in [0.25, 0.3) is 5.91 Å². The van der Waals surface area contributed by atoms with Crippen molar-refractivity contribution in [2.24, 2.45) is 0 Å². The van der Waals surface area contributed by atoms with E-state index in [-0.39, 0.29) is 0 Å². The number of hydrogen-bond donors (Lipinski definition) is 1. The summed E-state index contributed by atoms with van der Waals surface area (Å²) in [5, 5.41) is 6.92. The highest BCUT2D eigenvalue weighted by atomic mass is 35.5. The molecule has 9 heteroatoms. The highest BCUT2D eigenvalue weighted by Gasteiger charge is 2.23. The third-order valence-corrected chi connectivity index (χ3v) is 4.13. The highest BCUT2D eigenvalue weighted by molar-refractivity contribution is 7.07. The summed E-state index contributed by atoms with van der Waals surface area (Å²) in [7, 11) is 1.48. The molecule has 0 unspecified atom stereocenters. The summed E-state index contributed by atoms with van der Waals surface area (Å²) in [4.78, 5) is 24.7. The third kappa shape index (κ3) is 4.21. The first-order valence-corrected chi connectivity index (χ1v) is 8.28. The Kier molecular flexibility index (Phi) is 6.10. The lowest BCUT2D eigenvalue weighted by Crippen LogP contribution is -2.30. The lowest BCUT2D eigenvalue weighted by molar-refractivity contribution is -0.123. The monoisotopic (exact) mass is 369 g/mol. The normalized spacial score (nSPS) is 11.7. The number of nitrogens with zero attached hydrogens (tertiary/aromatic N) is 2. The van der Waals surface area contributed by atoms with Gasteiger partial charge in [0.1, 0.15) is 5.75 Å². The number of anilines is 1. The Morgan fingerprint density at radius 3 is 2.83 bits per heavy atom. The molecule has 1 aromatic heterocycles. The Balaban J connectivity index is 2.05. The molecule has 0 spiro atoms. The number of nitrogens with one attached hydrogen (secondary N) is 1. The Labute approximate surface area is 148 Å². The van der Waals surface area contributed by atoms with Crippen molar-refractivity contribution in [3.63, 3.8) is 0 Å². The highest BCUT2D eigenvalue weighted by Crippen LogP contribution is 2.28. The van der Waals surface area contributed by atoms with Crippen LogP contribution in [0.4, 0.5) is 5.69 Å². The predicted octanol–water partition coefficient (Wildman–Crippen LogP) is 2.95. The van der Waals surface area contributed by atoms with E-state index in [1.807, 2.05) is 6.92 Å². The first kappa shape index (κ1) is 18.2. The Morgan fingerprint density at radius 1 is 1.42 bits per heavy atom. The molecular weight excluding hydrogens is 354 g/mol. The van der Waals surface area contributed by atoms with Crippen LogP contribution in [0.25, 0.3) is 0 Å². The van der Waals surface area contributed by atoms with Gasteiger partial charge in [-0.1, -0.05) is 23.0 Å². The van der Waals surface area contributed by atoms with Crippen molar-refractivity contribution in [1.82, 2.24) is 9.59 Å². The van der Waals surface area contributed by atoms with E-state index in [0.29, 0.717) is 33.5 Å². The fraction of sp³-hybridized carbons (Fsp3) is 0.333. The molecule has 1 aromatic carbocycles. The maximum atomic E-state index is 12.2. The summed E-state index contributed by atoms with van der Waals surface area (Å²) in [5.74, 6) is -0.673. The number of halogens is 1. The summed E-state index contributed by atoms with van der Waals surface area (Å²) in [6, 6.07) is 4.82. The molecular formula is C15H16ClN3O4S. The zero-order valence-corrected chi connectivity index (χ0v) is 14.9. The van der Waals surface area contributed by atoms with Gasteiger partial charge in [0.2, 0.25) is 0 Å². The second-order valence-electron chi connectivity index (χ2n) is 4.78. The van der Waals surface area contributed by atoms with Crippen LogP contribution in [0.1, 0.15) is 29.2 Å². The van der Waals surface area contributed by atoms with Crippen LogP contribution in [0.15, 0.2) is 18.2 Å². The van der Waals surface area contributed by atoms with Crippen LogP contribution in [0.5, 0.6) is 5.75 Å². The predicted molar refractivity (Wildman–Crippen MR) is 90.8 cm³/mol. The molecule has 128 valence electrons. The van der Waals surface area contributed by atoms with Crippen molar-refractivity contribution in [2.75, 3.05) is 12.4 Å². The molecule has 0 aliphatic rings. The van der Waals surface area contributed by atoms with Gasteiger partial charge in [-0.2, -0.15) is 0 Å². The topological polar surface area (TPSA) is 90.4 Å². The fourth-order valence-electron chi connectivity index (χ4n) is 1.87.